The number of carboxylic acid groups (broad SMARTS) is 5. The molecule has 0 aliphatic rings. The van der Waals surface area contributed by atoms with Gasteiger partial charge in [0, 0.05) is 32.1 Å². The fourth-order valence-electron chi connectivity index (χ4n) is 4.90. The maximum Gasteiger partial charge on any atom is 0.332 e. The number of aliphatic carboxylic acids is 5. The number of aliphatic hydroxyl groups is 5. The molecule has 0 aromatic rings. The van der Waals surface area contributed by atoms with Crippen LogP contribution in [0, 0.1) is 0 Å². The third kappa shape index (κ3) is 64.2. The van der Waals surface area contributed by atoms with Crippen LogP contribution >= 0.6 is 0 Å². The first-order valence-corrected chi connectivity index (χ1v) is 23.7. The molecule has 0 aromatic carbocycles. The van der Waals surface area contributed by atoms with Gasteiger partial charge in [0.2, 0.25) is 0 Å². The number of unbranched alkanes of at least 4 members (excludes halogenated alkanes) is 16. The van der Waals surface area contributed by atoms with Crippen molar-refractivity contribution < 1.29 is 75.0 Å². The smallest absolute Gasteiger partial charge is 0.332 e. The van der Waals surface area contributed by atoms with Gasteiger partial charge in [-0.1, -0.05) is 172 Å². The van der Waals surface area contributed by atoms with Crippen LogP contribution in [-0.2, 0) is 24.0 Å². The van der Waals surface area contributed by atoms with Gasteiger partial charge in [-0.05, 0) is 51.9 Å². The molecule has 0 heterocycles. The van der Waals surface area contributed by atoms with Crippen LogP contribution in [0.15, 0.2) is 60.8 Å². The highest BCUT2D eigenvalue weighted by Crippen LogP contribution is 2.09. The summed E-state index contributed by atoms with van der Waals surface area (Å²) in [5.74, 6) is -5.79. The van der Waals surface area contributed by atoms with E-state index in [1.54, 1.807) is 43.4 Å². The fourth-order valence-corrected chi connectivity index (χ4v) is 4.90. The Balaban J connectivity index is -0.000000234. The Morgan fingerprint density at radius 2 is 0.523 bits per heavy atom. The number of allylic oxidation sites excluding steroid dienone is 5. The van der Waals surface area contributed by atoms with Crippen molar-refractivity contribution in [3.63, 3.8) is 0 Å². The molecule has 0 spiro atoms. The minimum atomic E-state index is -1.25. The Kier molecular flexibility index (Phi) is 60.2. The highest BCUT2D eigenvalue weighted by atomic mass is 16.4. The highest BCUT2D eigenvalue weighted by molar-refractivity contribution is 5.73. The summed E-state index contributed by atoms with van der Waals surface area (Å²) < 4.78 is 0. The third-order valence-electron chi connectivity index (χ3n) is 9.00. The normalized spacial score (nSPS) is 13.4. The van der Waals surface area contributed by atoms with Gasteiger partial charge >= 0.3 is 29.8 Å². The lowest BCUT2D eigenvalue weighted by Crippen LogP contribution is -2.17. The van der Waals surface area contributed by atoms with Crippen molar-refractivity contribution in [3.05, 3.63) is 60.8 Å². The lowest BCUT2D eigenvalue weighted by Gasteiger charge is -2.00. The number of carboxylic acids is 5. The highest BCUT2D eigenvalue weighted by Gasteiger charge is 2.12. The van der Waals surface area contributed by atoms with E-state index in [0.717, 1.165) is 51.4 Å². The van der Waals surface area contributed by atoms with E-state index in [1.807, 2.05) is 31.2 Å². The van der Waals surface area contributed by atoms with Gasteiger partial charge in [-0.15, -0.1) is 0 Å². The predicted molar refractivity (Wildman–Crippen MR) is 258 cm³/mol. The quantitative estimate of drug-likeness (QED) is 0.0209. The SMILES string of the molecule is CC=CCC(O)C(=O)O.CCCC=CCC(O)C(=O)O.CCCCCC=CCC(O)C(=O)O.CCCCCCCC=CCC(O)C(=O)O.CCCCCCCCCC=CCC(O)C(=O)O. The van der Waals surface area contributed by atoms with Crippen molar-refractivity contribution >= 4 is 29.8 Å². The first kappa shape index (κ1) is 69.9. The molecule has 0 amide bonds. The largest absolute Gasteiger partial charge is 0.479 e. The second kappa shape index (κ2) is 56.0. The van der Waals surface area contributed by atoms with E-state index in [9.17, 15) is 24.0 Å². The molecule has 0 saturated carbocycles. The summed E-state index contributed by atoms with van der Waals surface area (Å²) in [4.78, 5) is 50.7. The molecule has 0 rings (SSSR count). The van der Waals surface area contributed by atoms with Gasteiger partial charge in [-0.3, -0.25) is 0 Å². The number of hydrogen-bond donors (Lipinski definition) is 10. The molecule has 0 bridgehead atoms. The maximum absolute atomic E-state index is 10.3. The molecule has 0 aromatic heterocycles. The van der Waals surface area contributed by atoms with Crippen LogP contribution in [0.3, 0.4) is 0 Å². The van der Waals surface area contributed by atoms with Gasteiger partial charge in [0.15, 0.2) is 30.5 Å². The Morgan fingerprint density at radius 3 is 0.769 bits per heavy atom. The zero-order chi connectivity index (χ0) is 50.5. The van der Waals surface area contributed by atoms with E-state index >= 15 is 0 Å². The van der Waals surface area contributed by atoms with Crippen LogP contribution in [0.2, 0.25) is 0 Å². The average molecular weight is 931 g/mol. The van der Waals surface area contributed by atoms with Gasteiger partial charge in [0.05, 0.1) is 0 Å². The second-order valence-electron chi connectivity index (χ2n) is 15.3. The minimum Gasteiger partial charge on any atom is -0.479 e. The molecular weight excluding hydrogens is 841 g/mol. The van der Waals surface area contributed by atoms with E-state index in [1.165, 1.54) is 77.0 Å². The van der Waals surface area contributed by atoms with Crippen molar-refractivity contribution in [2.24, 2.45) is 0 Å². The number of carbonyl (C=O) groups is 5. The zero-order valence-electron chi connectivity index (χ0n) is 40.4. The minimum absolute atomic E-state index is 0.186. The van der Waals surface area contributed by atoms with Gasteiger partial charge in [-0.2, -0.15) is 0 Å². The lowest BCUT2D eigenvalue weighted by molar-refractivity contribution is -0.147. The van der Waals surface area contributed by atoms with Crippen molar-refractivity contribution in [2.45, 2.75) is 226 Å². The number of rotatable bonds is 35. The molecule has 15 nitrogen and oxygen atoms in total. The van der Waals surface area contributed by atoms with Crippen LogP contribution in [0.25, 0.3) is 0 Å². The van der Waals surface area contributed by atoms with Crippen LogP contribution < -0.4 is 0 Å². The predicted octanol–water partition coefficient (Wildman–Crippen LogP) is 9.79. The van der Waals surface area contributed by atoms with Crippen molar-refractivity contribution in [3.8, 4) is 0 Å². The standard InChI is InChI=1S/C14H26O3.C12H22O3.C10H18O3.C8H14O3.C6H10O3/c1-2-3-4-5-6-7-8-9-10-11-12-13(15)14(16)17;1-2-3-4-5-6-7-8-9-10-11(13)12(14)15;1-2-3-4-5-6-7-8-9(11)10(12)13;1-2-3-4-5-6-7(9)8(10)11;1-2-3-4-5(7)6(8)9/h10-11,13,15H,2-9,12H2,1H3,(H,16,17);8-9,11,13H,2-7,10H2,1H3,(H,14,15);6-7,9,11H,2-5,8H2,1H3,(H,12,13);4-5,7,9H,2-3,6H2,1H3,(H,10,11);2-3,5,7H,4H2,1H3,(H,8,9). The second-order valence-corrected chi connectivity index (χ2v) is 15.3. The molecule has 0 saturated heterocycles. The van der Waals surface area contributed by atoms with E-state index < -0.39 is 60.4 Å². The molecule has 0 aliphatic heterocycles. The summed E-state index contributed by atoms with van der Waals surface area (Å²) >= 11 is 0. The summed E-state index contributed by atoms with van der Waals surface area (Å²) in [5.41, 5.74) is 0. The van der Waals surface area contributed by atoms with Crippen LogP contribution in [0.1, 0.15) is 195 Å². The first-order valence-electron chi connectivity index (χ1n) is 23.7. The van der Waals surface area contributed by atoms with Crippen molar-refractivity contribution in [1.29, 1.82) is 0 Å². The Bertz CT molecular complexity index is 1260. The van der Waals surface area contributed by atoms with E-state index in [0.29, 0.717) is 0 Å². The molecule has 380 valence electrons. The molecule has 10 N–H and O–H groups in total. The molecule has 0 radical (unpaired) electrons. The summed E-state index contributed by atoms with van der Waals surface area (Å²) in [7, 11) is 0. The summed E-state index contributed by atoms with van der Waals surface area (Å²) in [6.45, 7) is 10.4. The van der Waals surface area contributed by atoms with Crippen LogP contribution in [0.5, 0.6) is 0 Å². The summed E-state index contributed by atoms with van der Waals surface area (Å²) in [6.07, 6.45) is 36.4. The molecule has 0 fully saturated rings. The molecule has 15 heteroatoms. The van der Waals surface area contributed by atoms with Gasteiger partial charge in [0.1, 0.15) is 0 Å². The van der Waals surface area contributed by atoms with Crippen LogP contribution in [-0.4, -0.2) is 111 Å². The van der Waals surface area contributed by atoms with Crippen molar-refractivity contribution in [2.75, 3.05) is 0 Å². The van der Waals surface area contributed by atoms with Crippen LogP contribution in [0.4, 0.5) is 0 Å². The Morgan fingerprint density at radius 1 is 0.308 bits per heavy atom. The molecule has 65 heavy (non-hydrogen) atoms. The third-order valence-corrected chi connectivity index (χ3v) is 9.00. The van der Waals surface area contributed by atoms with Gasteiger partial charge in [-0.25, -0.2) is 24.0 Å². The first-order chi connectivity index (χ1) is 30.9. The van der Waals surface area contributed by atoms with E-state index in [2.05, 4.69) is 20.8 Å². The lowest BCUT2D eigenvalue weighted by atomic mass is 10.1. The van der Waals surface area contributed by atoms with E-state index in [4.69, 9.17) is 51.1 Å². The molecule has 0 aliphatic carbocycles. The number of aliphatic hydroxyl groups excluding tert-OH is 5. The summed E-state index contributed by atoms with van der Waals surface area (Å²) in [6, 6.07) is 0. The molecule has 5 atom stereocenters. The fraction of sp³-hybridized carbons (Fsp3) is 0.700. The maximum atomic E-state index is 10.3. The number of hydrogen-bond acceptors (Lipinski definition) is 10. The summed E-state index contributed by atoms with van der Waals surface area (Å²) in [5, 5.41) is 85.8. The van der Waals surface area contributed by atoms with E-state index in [-0.39, 0.29) is 32.1 Å². The Labute approximate surface area is 390 Å². The Hall–Kier alpha value is -4.15. The zero-order valence-corrected chi connectivity index (χ0v) is 40.4. The van der Waals surface area contributed by atoms with Crippen molar-refractivity contribution in [1.82, 2.24) is 0 Å². The van der Waals surface area contributed by atoms with Gasteiger partial charge < -0.3 is 51.1 Å². The average Bonchev–Trinajstić information content (AvgIpc) is 3.27. The molecule has 5 unspecified atom stereocenters. The van der Waals surface area contributed by atoms with Gasteiger partial charge in [0.25, 0.3) is 0 Å². The topological polar surface area (TPSA) is 288 Å². The monoisotopic (exact) mass is 931 g/mol. The molecular formula is C50H90O15.